The van der Waals surface area contributed by atoms with Crippen LogP contribution in [-0.4, -0.2) is 10.9 Å². The summed E-state index contributed by atoms with van der Waals surface area (Å²) in [5.74, 6) is -1.78. The van der Waals surface area contributed by atoms with Gasteiger partial charge in [-0.05, 0) is 28.8 Å². The summed E-state index contributed by atoms with van der Waals surface area (Å²) in [6.07, 6.45) is 1.60. The van der Waals surface area contributed by atoms with Gasteiger partial charge in [0.15, 0.2) is 5.13 Å². The van der Waals surface area contributed by atoms with Crippen LogP contribution in [0.5, 0.6) is 0 Å². The predicted molar refractivity (Wildman–Crippen MR) is 144 cm³/mol. The van der Waals surface area contributed by atoms with Crippen LogP contribution in [0.25, 0.3) is 0 Å². The molecule has 5 rings (SSSR count). The molecular weight excluding hydrogens is 488 g/mol. The average Bonchev–Trinajstić information content (AvgIpc) is 3.37. The molecule has 4 aromatic carbocycles. The Morgan fingerprint density at radius 3 is 1.86 bits per heavy atom. The molecule has 0 saturated carbocycles. The number of aromatic nitrogens is 1. The average molecular weight is 512 g/mol. The van der Waals surface area contributed by atoms with Gasteiger partial charge < -0.3 is 10.6 Å². The summed E-state index contributed by atoms with van der Waals surface area (Å²) >= 11 is 1.34. The van der Waals surface area contributed by atoms with Gasteiger partial charge in [-0.15, -0.1) is 11.3 Å². The van der Waals surface area contributed by atoms with Crippen LogP contribution in [0, 0.1) is 11.6 Å². The fourth-order valence-corrected chi connectivity index (χ4v) is 5.20. The number of amides is 1. The number of benzene rings is 4. The minimum absolute atomic E-state index is 0.0235. The number of halogens is 2. The van der Waals surface area contributed by atoms with Crippen LogP contribution in [0.3, 0.4) is 0 Å². The van der Waals surface area contributed by atoms with Gasteiger partial charge in [0.2, 0.25) is 5.91 Å². The first kappa shape index (κ1) is 24.3. The highest BCUT2D eigenvalue weighted by atomic mass is 32.1. The molecule has 0 bridgehead atoms. The number of nitrogens with one attached hydrogen (secondary N) is 2. The Kier molecular flexibility index (Phi) is 7.05. The summed E-state index contributed by atoms with van der Waals surface area (Å²) in [5, 5.41) is 6.73. The first-order valence-corrected chi connectivity index (χ1v) is 12.5. The van der Waals surface area contributed by atoms with E-state index in [1.807, 2.05) is 54.6 Å². The van der Waals surface area contributed by atoms with E-state index in [-0.39, 0.29) is 12.1 Å². The van der Waals surface area contributed by atoms with Crippen LogP contribution in [0.4, 0.5) is 19.6 Å². The van der Waals surface area contributed by atoms with Gasteiger partial charge in [0.05, 0.1) is 12.1 Å². The lowest BCUT2D eigenvalue weighted by Gasteiger charge is -2.36. The highest BCUT2D eigenvalue weighted by Gasteiger charge is 2.37. The molecule has 0 fully saturated rings. The van der Waals surface area contributed by atoms with Crippen molar-refractivity contribution < 1.29 is 13.6 Å². The number of anilines is 2. The second-order valence-corrected chi connectivity index (χ2v) is 9.57. The van der Waals surface area contributed by atoms with E-state index in [4.69, 9.17) is 0 Å². The number of hydrogen-bond acceptors (Lipinski definition) is 4. The lowest BCUT2D eigenvalue weighted by atomic mass is 9.77. The van der Waals surface area contributed by atoms with Crippen LogP contribution < -0.4 is 10.6 Å². The van der Waals surface area contributed by atoms with Gasteiger partial charge >= 0.3 is 0 Å². The van der Waals surface area contributed by atoms with Crippen LogP contribution in [-0.2, 0) is 16.8 Å². The van der Waals surface area contributed by atoms with Gasteiger partial charge in [-0.25, -0.2) is 13.8 Å². The van der Waals surface area contributed by atoms with Crippen molar-refractivity contribution in [2.45, 2.75) is 12.0 Å². The molecule has 4 nitrogen and oxygen atoms in total. The molecule has 0 unspecified atom stereocenters. The maximum atomic E-state index is 13.9. The molecule has 0 aliphatic carbocycles. The second-order valence-electron chi connectivity index (χ2n) is 8.45. The molecule has 7 heteroatoms. The van der Waals surface area contributed by atoms with E-state index in [0.29, 0.717) is 10.0 Å². The summed E-state index contributed by atoms with van der Waals surface area (Å²) < 4.78 is 27.4. The molecular formula is C30H23F2N3OS. The molecule has 0 atom stereocenters. The molecule has 1 heterocycles. The van der Waals surface area contributed by atoms with Gasteiger partial charge in [-0.1, -0.05) is 91.0 Å². The zero-order valence-electron chi connectivity index (χ0n) is 19.7. The molecule has 2 N–H and O–H groups in total. The van der Waals surface area contributed by atoms with Crippen molar-refractivity contribution in [2.75, 3.05) is 10.6 Å². The lowest BCUT2D eigenvalue weighted by molar-refractivity contribution is -0.115. The van der Waals surface area contributed by atoms with Gasteiger partial charge in [0, 0.05) is 17.1 Å². The van der Waals surface area contributed by atoms with Crippen molar-refractivity contribution in [3.8, 4) is 0 Å². The molecule has 0 saturated heterocycles. The Labute approximate surface area is 217 Å². The molecule has 1 aromatic heterocycles. The fraction of sp³-hybridized carbons (Fsp3) is 0.0667. The maximum absolute atomic E-state index is 13.9. The van der Waals surface area contributed by atoms with Crippen molar-refractivity contribution in [1.82, 2.24) is 4.98 Å². The van der Waals surface area contributed by atoms with Crippen molar-refractivity contribution in [2.24, 2.45) is 0 Å². The van der Waals surface area contributed by atoms with Crippen molar-refractivity contribution >= 4 is 28.1 Å². The van der Waals surface area contributed by atoms with Crippen molar-refractivity contribution in [3.63, 3.8) is 0 Å². The van der Waals surface area contributed by atoms with E-state index in [1.54, 1.807) is 6.20 Å². The Hall–Kier alpha value is -4.36. The van der Waals surface area contributed by atoms with Crippen molar-refractivity contribution in [1.29, 1.82) is 0 Å². The summed E-state index contributed by atoms with van der Waals surface area (Å²) in [4.78, 5) is 17.8. The fourth-order valence-electron chi connectivity index (χ4n) is 4.33. The molecule has 0 aliphatic rings. The lowest BCUT2D eigenvalue weighted by Crippen LogP contribution is -2.38. The van der Waals surface area contributed by atoms with Gasteiger partial charge in [-0.3, -0.25) is 4.79 Å². The quantitative estimate of drug-likeness (QED) is 0.221. The molecule has 0 aliphatic heterocycles. The van der Waals surface area contributed by atoms with Crippen LogP contribution in [0.2, 0.25) is 0 Å². The minimum Gasteiger partial charge on any atom is -0.344 e. The third-order valence-electron chi connectivity index (χ3n) is 6.01. The zero-order chi connectivity index (χ0) is 25.7. The number of carbonyl (C=O) groups is 1. The Morgan fingerprint density at radius 1 is 0.784 bits per heavy atom. The summed E-state index contributed by atoms with van der Waals surface area (Å²) in [7, 11) is 0. The van der Waals surface area contributed by atoms with Gasteiger partial charge in [-0.2, -0.15) is 0 Å². The van der Waals surface area contributed by atoms with E-state index in [2.05, 4.69) is 52.0 Å². The standard InChI is InChI=1S/C30H23F2N3OS/c31-24-16-17-26(32)27(18-24)34-28(36)19-25-20-33-29(37-25)35-30(21-10-4-1-5-11-21,22-12-6-2-7-13-22)23-14-8-3-9-15-23/h1-18,20H,19H2,(H,33,35)(H,34,36). The molecule has 184 valence electrons. The molecule has 5 aromatic rings. The topological polar surface area (TPSA) is 54.0 Å². The van der Waals surface area contributed by atoms with Crippen molar-refractivity contribution in [3.05, 3.63) is 149 Å². The van der Waals surface area contributed by atoms with Gasteiger partial charge in [0.1, 0.15) is 17.2 Å². The highest BCUT2D eigenvalue weighted by molar-refractivity contribution is 7.15. The normalized spacial score (nSPS) is 11.2. The van der Waals surface area contributed by atoms with E-state index >= 15 is 0 Å². The Morgan fingerprint density at radius 2 is 1.32 bits per heavy atom. The SMILES string of the molecule is O=C(Cc1cnc(NC(c2ccccc2)(c2ccccc2)c2ccccc2)s1)Nc1cc(F)ccc1F. The largest absolute Gasteiger partial charge is 0.344 e. The minimum atomic E-state index is -0.744. The first-order valence-electron chi connectivity index (χ1n) is 11.7. The van der Waals surface area contributed by atoms with Gasteiger partial charge in [0.25, 0.3) is 0 Å². The van der Waals surface area contributed by atoms with Crippen LogP contribution in [0.15, 0.2) is 115 Å². The zero-order valence-corrected chi connectivity index (χ0v) is 20.5. The van der Waals surface area contributed by atoms with Crippen LogP contribution >= 0.6 is 11.3 Å². The number of rotatable bonds is 8. The van der Waals surface area contributed by atoms with E-state index in [1.165, 1.54) is 11.3 Å². The Bertz CT molecular complexity index is 1390. The molecule has 37 heavy (non-hydrogen) atoms. The smallest absolute Gasteiger partial charge is 0.229 e. The molecule has 0 spiro atoms. The maximum Gasteiger partial charge on any atom is 0.229 e. The first-order chi connectivity index (χ1) is 18.0. The predicted octanol–water partition coefficient (Wildman–Crippen LogP) is 7.01. The number of hydrogen-bond donors (Lipinski definition) is 2. The number of nitrogens with zero attached hydrogens (tertiary/aromatic N) is 1. The van der Waals surface area contributed by atoms with E-state index < -0.39 is 23.1 Å². The number of carbonyl (C=O) groups excluding carboxylic acids is 1. The van der Waals surface area contributed by atoms with Crippen LogP contribution in [0.1, 0.15) is 21.6 Å². The third-order valence-corrected chi connectivity index (χ3v) is 6.92. The highest BCUT2D eigenvalue weighted by Crippen LogP contribution is 2.40. The van der Waals surface area contributed by atoms with E-state index in [0.717, 1.165) is 34.9 Å². The monoisotopic (exact) mass is 511 g/mol. The summed E-state index contributed by atoms with van der Waals surface area (Å²) in [6, 6.07) is 33.3. The Balaban J connectivity index is 1.47. The number of thiazole rings is 1. The van der Waals surface area contributed by atoms with E-state index in [9.17, 15) is 13.6 Å². The summed E-state index contributed by atoms with van der Waals surface area (Å²) in [6.45, 7) is 0. The molecule has 0 radical (unpaired) electrons. The molecule has 1 amide bonds. The second kappa shape index (κ2) is 10.7. The summed E-state index contributed by atoms with van der Waals surface area (Å²) in [5.41, 5.74) is 2.16. The third kappa shape index (κ3) is 5.27.